The summed E-state index contributed by atoms with van der Waals surface area (Å²) < 4.78 is 0. The van der Waals surface area contributed by atoms with Crippen molar-refractivity contribution in [3.05, 3.63) is 35.9 Å². The molecule has 8 N–H and O–H groups in total. The normalized spacial score (nSPS) is 14.3. The van der Waals surface area contributed by atoms with Crippen LogP contribution < -0.4 is 27.4 Å². The standard InChI is InChI=1S/C26H43N5O5S/c1-17(2)15-21(25(34)31-22(26(35)36)16-18-9-5-4-6-10-18)30-24(33)20(11-7-8-13-27)29-23(32)19(28)12-14-37-3/h4-6,9-10,17,19-22H,7-8,11-16,27-28H2,1-3H3,(H,29,32)(H,30,33)(H,31,34)(H,35,36). The summed E-state index contributed by atoms with van der Waals surface area (Å²) in [5, 5.41) is 17.7. The van der Waals surface area contributed by atoms with E-state index in [0.717, 1.165) is 5.56 Å². The number of amides is 3. The minimum Gasteiger partial charge on any atom is -0.480 e. The second-order valence-corrected chi connectivity index (χ2v) is 10.5. The number of nitrogens with one attached hydrogen (secondary N) is 3. The molecule has 208 valence electrons. The Hall–Kier alpha value is -2.63. The fourth-order valence-electron chi connectivity index (χ4n) is 3.71. The molecular weight excluding hydrogens is 494 g/mol. The van der Waals surface area contributed by atoms with Crippen molar-refractivity contribution >= 4 is 35.5 Å². The topological polar surface area (TPSA) is 177 Å². The quantitative estimate of drug-likeness (QED) is 0.150. The molecule has 1 aromatic carbocycles. The Bertz CT molecular complexity index is 855. The number of benzene rings is 1. The zero-order valence-electron chi connectivity index (χ0n) is 22.1. The van der Waals surface area contributed by atoms with Gasteiger partial charge >= 0.3 is 5.97 Å². The van der Waals surface area contributed by atoms with E-state index < -0.39 is 47.9 Å². The molecule has 1 rings (SSSR count). The van der Waals surface area contributed by atoms with Gasteiger partial charge in [-0.15, -0.1) is 0 Å². The van der Waals surface area contributed by atoms with Crippen molar-refractivity contribution in [2.45, 2.75) is 76.5 Å². The van der Waals surface area contributed by atoms with Crippen LogP contribution in [0.4, 0.5) is 0 Å². The first-order valence-electron chi connectivity index (χ1n) is 12.7. The number of rotatable bonds is 18. The van der Waals surface area contributed by atoms with Crippen LogP contribution in [0.1, 0.15) is 51.5 Å². The van der Waals surface area contributed by atoms with Crippen LogP contribution in [-0.4, -0.2) is 71.5 Å². The van der Waals surface area contributed by atoms with Crippen LogP contribution in [-0.2, 0) is 25.6 Å². The number of carboxylic acid groups (broad SMARTS) is 1. The number of hydrogen-bond donors (Lipinski definition) is 6. The predicted octanol–water partition coefficient (Wildman–Crippen LogP) is 1.02. The highest BCUT2D eigenvalue weighted by Crippen LogP contribution is 2.10. The molecule has 4 atom stereocenters. The molecule has 0 aromatic heterocycles. The Morgan fingerprint density at radius 3 is 2.05 bits per heavy atom. The lowest BCUT2D eigenvalue weighted by Crippen LogP contribution is -2.57. The summed E-state index contributed by atoms with van der Waals surface area (Å²) in [5.41, 5.74) is 12.3. The molecule has 0 fully saturated rings. The number of aliphatic carboxylic acids is 1. The van der Waals surface area contributed by atoms with E-state index in [1.54, 1.807) is 36.0 Å². The maximum atomic E-state index is 13.2. The van der Waals surface area contributed by atoms with Gasteiger partial charge < -0.3 is 32.5 Å². The van der Waals surface area contributed by atoms with E-state index >= 15 is 0 Å². The van der Waals surface area contributed by atoms with E-state index in [1.165, 1.54) is 0 Å². The zero-order chi connectivity index (χ0) is 27.8. The van der Waals surface area contributed by atoms with Crippen LogP contribution in [0.3, 0.4) is 0 Å². The first kappa shape index (κ1) is 32.4. The van der Waals surface area contributed by atoms with Crippen LogP contribution in [0.5, 0.6) is 0 Å². The van der Waals surface area contributed by atoms with Gasteiger partial charge in [-0.2, -0.15) is 11.8 Å². The third-order valence-electron chi connectivity index (χ3n) is 5.79. The highest BCUT2D eigenvalue weighted by Gasteiger charge is 2.30. The van der Waals surface area contributed by atoms with E-state index in [-0.39, 0.29) is 12.3 Å². The minimum atomic E-state index is -1.17. The van der Waals surface area contributed by atoms with Crippen LogP contribution in [0.2, 0.25) is 0 Å². The summed E-state index contributed by atoms with van der Waals surface area (Å²) in [4.78, 5) is 50.8. The van der Waals surface area contributed by atoms with Gasteiger partial charge in [-0.1, -0.05) is 44.2 Å². The summed E-state index contributed by atoms with van der Waals surface area (Å²) >= 11 is 1.57. The Labute approximate surface area is 224 Å². The molecule has 0 aliphatic rings. The predicted molar refractivity (Wildman–Crippen MR) is 147 cm³/mol. The lowest BCUT2D eigenvalue weighted by Gasteiger charge is -2.26. The number of carboxylic acids is 1. The fourth-order valence-corrected chi connectivity index (χ4v) is 4.20. The van der Waals surface area contributed by atoms with E-state index in [2.05, 4.69) is 16.0 Å². The van der Waals surface area contributed by atoms with Gasteiger partial charge in [-0.05, 0) is 62.1 Å². The number of unbranched alkanes of at least 4 members (excludes halogenated alkanes) is 1. The fraction of sp³-hybridized carbons (Fsp3) is 0.615. The van der Waals surface area contributed by atoms with Crippen molar-refractivity contribution in [1.82, 2.24) is 16.0 Å². The first-order valence-corrected chi connectivity index (χ1v) is 14.1. The van der Waals surface area contributed by atoms with Crippen molar-refractivity contribution in [2.24, 2.45) is 17.4 Å². The number of nitrogens with two attached hydrogens (primary N) is 2. The molecule has 0 heterocycles. The Kier molecular flexibility index (Phi) is 15.6. The molecule has 37 heavy (non-hydrogen) atoms. The van der Waals surface area contributed by atoms with Crippen molar-refractivity contribution < 1.29 is 24.3 Å². The van der Waals surface area contributed by atoms with Crippen LogP contribution in [0, 0.1) is 5.92 Å². The Balaban J connectivity index is 2.97. The second-order valence-electron chi connectivity index (χ2n) is 9.51. The highest BCUT2D eigenvalue weighted by atomic mass is 32.2. The number of thioether (sulfide) groups is 1. The minimum absolute atomic E-state index is 0.0405. The lowest BCUT2D eigenvalue weighted by molar-refractivity contribution is -0.142. The van der Waals surface area contributed by atoms with Gasteiger partial charge in [-0.3, -0.25) is 14.4 Å². The molecule has 11 heteroatoms. The van der Waals surface area contributed by atoms with Crippen molar-refractivity contribution in [2.75, 3.05) is 18.6 Å². The van der Waals surface area contributed by atoms with Gasteiger partial charge in [0.1, 0.15) is 18.1 Å². The highest BCUT2D eigenvalue weighted by molar-refractivity contribution is 7.98. The van der Waals surface area contributed by atoms with Gasteiger partial charge in [0.15, 0.2) is 0 Å². The van der Waals surface area contributed by atoms with Crippen molar-refractivity contribution in [3.8, 4) is 0 Å². The summed E-state index contributed by atoms with van der Waals surface area (Å²) in [5.74, 6) is -1.95. The molecule has 0 spiro atoms. The van der Waals surface area contributed by atoms with E-state index in [0.29, 0.717) is 44.4 Å². The monoisotopic (exact) mass is 537 g/mol. The molecule has 1 aromatic rings. The SMILES string of the molecule is CSCCC(N)C(=O)NC(CCCCN)C(=O)NC(CC(C)C)C(=O)NC(Cc1ccccc1)C(=O)O. The Morgan fingerprint density at radius 1 is 0.892 bits per heavy atom. The summed E-state index contributed by atoms with van der Waals surface area (Å²) in [6.45, 7) is 4.25. The van der Waals surface area contributed by atoms with Gasteiger partial charge in [0.2, 0.25) is 17.7 Å². The van der Waals surface area contributed by atoms with E-state index in [1.807, 2.05) is 26.2 Å². The largest absolute Gasteiger partial charge is 0.480 e. The molecule has 0 aliphatic heterocycles. The Morgan fingerprint density at radius 2 is 1.49 bits per heavy atom. The molecule has 3 amide bonds. The zero-order valence-corrected chi connectivity index (χ0v) is 22.9. The summed E-state index contributed by atoms with van der Waals surface area (Å²) in [7, 11) is 0. The molecule has 0 bridgehead atoms. The molecular formula is C26H43N5O5S. The average molecular weight is 538 g/mol. The summed E-state index contributed by atoms with van der Waals surface area (Å²) in [6, 6.07) is 5.23. The lowest BCUT2D eigenvalue weighted by atomic mass is 10.0. The van der Waals surface area contributed by atoms with Gasteiger partial charge in [0, 0.05) is 6.42 Å². The number of hydrogen-bond acceptors (Lipinski definition) is 7. The molecule has 10 nitrogen and oxygen atoms in total. The second kappa shape index (κ2) is 17.8. The van der Waals surface area contributed by atoms with E-state index in [9.17, 15) is 24.3 Å². The maximum absolute atomic E-state index is 13.2. The van der Waals surface area contributed by atoms with Crippen LogP contribution in [0.25, 0.3) is 0 Å². The molecule has 0 saturated carbocycles. The third-order valence-corrected chi connectivity index (χ3v) is 6.43. The van der Waals surface area contributed by atoms with Gasteiger partial charge in [0.25, 0.3) is 0 Å². The van der Waals surface area contributed by atoms with Crippen LogP contribution >= 0.6 is 11.8 Å². The van der Waals surface area contributed by atoms with E-state index in [4.69, 9.17) is 11.5 Å². The molecule has 4 unspecified atom stereocenters. The molecule has 0 radical (unpaired) electrons. The third kappa shape index (κ3) is 12.9. The first-order chi connectivity index (χ1) is 17.6. The van der Waals surface area contributed by atoms with Crippen molar-refractivity contribution in [3.63, 3.8) is 0 Å². The average Bonchev–Trinajstić information content (AvgIpc) is 2.85. The number of carbonyl (C=O) groups excluding carboxylic acids is 3. The van der Waals surface area contributed by atoms with Crippen LogP contribution in [0.15, 0.2) is 30.3 Å². The van der Waals surface area contributed by atoms with Gasteiger partial charge in [0.05, 0.1) is 6.04 Å². The van der Waals surface area contributed by atoms with Gasteiger partial charge in [-0.25, -0.2) is 4.79 Å². The van der Waals surface area contributed by atoms with Crippen molar-refractivity contribution in [1.29, 1.82) is 0 Å². The summed E-state index contributed by atoms with van der Waals surface area (Å²) in [6.07, 6.45) is 4.42. The number of carbonyl (C=O) groups is 4. The smallest absolute Gasteiger partial charge is 0.326 e. The maximum Gasteiger partial charge on any atom is 0.326 e. The molecule has 0 saturated heterocycles. The molecule has 0 aliphatic carbocycles.